The van der Waals surface area contributed by atoms with E-state index >= 15 is 0 Å². The van der Waals surface area contributed by atoms with Gasteiger partial charge in [0.1, 0.15) is 17.4 Å². The van der Waals surface area contributed by atoms with Crippen LogP contribution < -0.4 is 15.2 Å². The van der Waals surface area contributed by atoms with Crippen molar-refractivity contribution in [3.63, 3.8) is 0 Å². The number of hydrogen-bond acceptors (Lipinski definition) is 6. The molecule has 0 atom stereocenters. The first-order valence-electron chi connectivity index (χ1n) is 10.6. The number of piperazine rings is 1. The van der Waals surface area contributed by atoms with Gasteiger partial charge in [0.05, 0.1) is 31.3 Å². The molecule has 0 unspecified atom stereocenters. The molecule has 33 heavy (non-hydrogen) atoms. The number of rotatable bonds is 7. The Hall–Kier alpha value is -3.36. The molecule has 1 fully saturated rings. The highest BCUT2D eigenvalue weighted by Crippen LogP contribution is 2.23. The third kappa shape index (κ3) is 5.35. The summed E-state index contributed by atoms with van der Waals surface area (Å²) in [6.45, 7) is 2.48. The Labute approximate surface area is 196 Å². The van der Waals surface area contributed by atoms with Crippen molar-refractivity contribution in [3.8, 4) is 11.4 Å². The smallest absolute Gasteiger partial charge is 0.292 e. The summed E-state index contributed by atoms with van der Waals surface area (Å²) in [5.74, 6) is 0.685. The molecule has 4 rings (SSSR count). The number of para-hydroxylation sites is 1. The van der Waals surface area contributed by atoms with Crippen LogP contribution in [0.3, 0.4) is 0 Å². The molecule has 2 heterocycles. The van der Waals surface area contributed by atoms with E-state index in [9.17, 15) is 9.59 Å². The lowest BCUT2D eigenvalue weighted by atomic mass is 10.2. The third-order valence-electron chi connectivity index (χ3n) is 5.50. The van der Waals surface area contributed by atoms with Gasteiger partial charge in [0, 0.05) is 26.2 Å². The Bertz CT molecular complexity index is 1160. The van der Waals surface area contributed by atoms with Crippen LogP contribution in [0.4, 0.5) is 5.69 Å². The van der Waals surface area contributed by atoms with Gasteiger partial charge in [-0.25, -0.2) is 0 Å². The Morgan fingerprint density at radius 2 is 1.82 bits per heavy atom. The standard InChI is InChI=1S/C24H25ClN4O4/c1-32-20-9-5-6-18(14-20)16-33-17-22(30)28-12-10-27(11-13-28)21-15-26-29(24(31)23(21)25)19-7-3-2-4-8-19/h2-9,14-15H,10-13,16-17H2,1H3. The molecule has 0 N–H and O–H groups in total. The molecule has 172 valence electrons. The lowest BCUT2D eigenvalue weighted by molar-refractivity contribution is -0.136. The van der Waals surface area contributed by atoms with Gasteiger partial charge in [-0.3, -0.25) is 9.59 Å². The first kappa shape index (κ1) is 22.8. The molecule has 2 aromatic carbocycles. The van der Waals surface area contributed by atoms with E-state index in [1.165, 1.54) is 4.68 Å². The van der Waals surface area contributed by atoms with Crippen molar-refractivity contribution in [2.24, 2.45) is 0 Å². The van der Waals surface area contributed by atoms with Crippen LogP contribution in [0.5, 0.6) is 5.75 Å². The number of methoxy groups -OCH3 is 1. The molecule has 1 amide bonds. The van der Waals surface area contributed by atoms with Crippen LogP contribution in [0.25, 0.3) is 5.69 Å². The maximum atomic E-state index is 12.7. The molecule has 0 saturated carbocycles. The van der Waals surface area contributed by atoms with E-state index in [4.69, 9.17) is 21.1 Å². The van der Waals surface area contributed by atoms with E-state index in [1.54, 1.807) is 30.3 Å². The summed E-state index contributed by atoms with van der Waals surface area (Å²) in [5.41, 5.74) is 1.81. The predicted octanol–water partition coefficient (Wildman–Crippen LogP) is 2.76. The van der Waals surface area contributed by atoms with Crippen molar-refractivity contribution >= 4 is 23.2 Å². The van der Waals surface area contributed by atoms with E-state index in [0.29, 0.717) is 44.2 Å². The molecule has 0 spiro atoms. The summed E-state index contributed by atoms with van der Waals surface area (Å²) in [6.07, 6.45) is 1.60. The molecule has 3 aromatic rings. The Morgan fingerprint density at radius 1 is 1.06 bits per heavy atom. The quantitative estimate of drug-likeness (QED) is 0.530. The maximum absolute atomic E-state index is 12.7. The van der Waals surface area contributed by atoms with Gasteiger partial charge < -0.3 is 19.3 Å². The van der Waals surface area contributed by atoms with Crippen molar-refractivity contribution in [1.29, 1.82) is 0 Å². The van der Waals surface area contributed by atoms with Gasteiger partial charge >= 0.3 is 0 Å². The van der Waals surface area contributed by atoms with Crippen molar-refractivity contribution in [2.75, 3.05) is 44.8 Å². The molecule has 0 aliphatic carbocycles. The fraction of sp³-hybridized carbons (Fsp3) is 0.292. The second kappa shape index (κ2) is 10.5. The average molecular weight is 469 g/mol. The normalized spacial score (nSPS) is 13.8. The third-order valence-corrected chi connectivity index (χ3v) is 5.86. The number of nitrogens with zero attached hydrogens (tertiary/aromatic N) is 4. The van der Waals surface area contributed by atoms with Crippen LogP contribution in [-0.4, -0.2) is 60.5 Å². The number of hydrogen-bond donors (Lipinski definition) is 0. The summed E-state index contributed by atoms with van der Waals surface area (Å²) in [6, 6.07) is 16.7. The molecular weight excluding hydrogens is 444 g/mol. The van der Waals surface area contributed by atoms with Crippen molar-refractivity contribution in [1.82, 2.24) is 14.7 Å². The van der Waals surface area contributed by atoms with Crippen LogP contribution in [-0.2, 0) is 16.1 Å². The minimum Gasteiger partial charge on any atom is -0.497 e. The summed E-state index contributed by atoms with van der Waals surface area (Å²) in [4.78, 5) is 29.0. The lowest BCUT2D eigenvalue weighted by Gasteiger charge is -2.36. The fourth-order valence-corrected chi connectivity index (χ4v) is 3.95. The van der Waals surface area contributed by atoms with Crippen molar-refractivity contribution < 1.29 is 14.3 Å². The number of benzene rings is 2. The summed E-state index contributed by atoms with van der Waals surface area (Å²) in [7, 11) is 1.61. The van der Waals surface area contributed by atoms with E-state index in [0.717, 1.165) is 11.3 Å². The number of carbonyl (C=O) groups excluding carboxylic acids is 1. The Morgan fingerprint density at radius 3 is 2.55 bits per heavy atom. The van der Waals surface area contributed by atoms with Gasteiger partial charge in [0.25, 0.3) is 5.56 Å². The first-order valence-corrected chi connectivity index (χ1v) is 11.0. The number of ether oxygens (including phenoxy) is 2. The minimum absolute atomic E-state index is 0.00659. The summed E-state index contributed by atoms with van der Waals surface area (Å²) in [5, 5.41) is 4.41. The highest BCUT2D eigenvalue weighted by molar-refractivity contribution is 6.33. The lowest BCUT2D eigenvalue weighted by Crippen LogP contribution is -2.50. The molecule has 9 heteroatoms. The van der Waals surface area contributed by atoms with Gasteiger partial charge in [-0.05, 0) is 29.8 Å². The highest BCUT2D eigenvalue weighted by atomic mass is 35.5. The Balaban J connectivity index is 1.31. The predicted molar refractivity (Wildman–Crippen MR) is 126 cm³/mol. The maximum Gasteiger partial charge on any atom is 0.292 e. The molecule has 1 aliphatic heterocycles. The van der Waals surface area contributed by atoms with Crippen LogP contribution in [0.15, 0.2) is 65.6 Å². The monoisotopic (exact) mass is 468 g/mol. The number of halogens is 1. The van der Waals surface area contributed by atoms with Gasteiger partial charge in [-0.15, -0.1) is 0 Å². The van der Waals surface area contributed by atoms with Crippen LogP contribution in [0.1, 0.15) is 5.56 Å². The molecule has 0 bridgehead atoms. The van der Waals surface area contributed by atoms with E-state index in [-0.39, 0.29) is 23.1 Å². The van der Waals surface area contributed by atoms with Crippen LogP contribution in [0, 0.1) is 0 Å². The Kier molecular flexibility index (Phi) is 7.26. The number of amides is 1. The number of aromatic nitrogens is 2. The fourth-order valence-electron chi connectivity index (χ4n) is 3.70. The van der Waals surface area contributed by atoms with E-state index < -0.39 is 0 Å². The SMILES string of the molecule is COc1cccc(COCC(=O)N2CCN(c3cnn(-c4ccccc4)c(=O)c3Cl)CC2)c1. The zero-order chi connectivity index (χ0) is 23.2. The van der Waals surface area contributed by atoms with Crippen LogP contribution in [0.2, 0.25) is 5.02 Å². The highest BCUT2D eigenvalue weighted by Gasteiger charge is 2.24. The summed E-state index contributed by atoms with van der Waals surface area (Å²) >= 11 is 6.40. The number of carbonyl (C=O) groups is 1. The van der Waals surface area contributed by atoms with Gasteiger partial charge in [-0.2, -0.15) is 9.78 Å². The molecule has 0 radical (unpaired) electrons. The molecular formula is C24H25ClN4O4. The van der Waals surface area contributed by atoms with Crippen molar-refractivity contribution in [2.45, 2.75) is 6.61 Å². The van der Waals surface area contributed by atoms with E-state index in [2.05, 4.69) is 5.10 Å². The zero-order valence-electron chi connectivity index (χ0n) is 18.3. The number of anilines is 1. The van der Waals surface area contributed by atoms with Gasteiger partial charge in [0.15, 0.2) is 0 Å². The largest absolute Gasteiger partial charge is 0.497 e. The molecule has 1 saturated heterocycles. The van der Waals surface area contributed by atoms with E-state index in [1.807, 2.05) is 47.4 Å². The second-order valence-corrected chi connectivity index (χ2v) is 7.99. The zero-order valence-corrected chi connectivity index (χ0v) is 19.1. The minimum atomic E-state index is -0.371. The molecule has 1 aliphatic rings. The topological polar surface area (TPSA) is 76.9 Å². The molecule has 8 nitrogen and oxygen atoms in total. The first-order chi connectivity index (χ1) is 16.1. The van der Waals surface area contributed by atoms with Crippen molar-refractivity contribution in [3.05, 3.63) is 81.7 Å². The molecule has 1 aromatic heterocycles. The van der Waals surface area contributed by atoms with Crippen LogP contribution >= 0.6 is 11.6 Å². The van der Waals surface area contributed by atoms with Gasteiger partial charge in [-0.1, -0.05) is 41.9 Å². The van der Waals surface area contributed by atoms with Gasteiger partial charge in [0.2, 0.25) is 5.91 Å². The summed E-state index contributed by atoms with van der Waals surface area (Å²) < 4.78 is 12.1. The average Bonchev–Trinajstić information content (AvgIpc) is 2.86. The second-order valence-electron chi connectivity index (χ2n) is 7.61.